The number of H-pyrrole nitrogens is 1. The van der Waals surface area contributed by atoms with Crippen molar-refractivity contribution < 1.29 is 14.3 Å². The van der Waals surface area contributed by atoms with Crippen molar-refractivity contribution in [1.82, 2.24) is 9.88 Å². The lowest BCUT2D eigenvalue weighted by Crippen LogP contribution is -2.29. The molecule has 2 aromatic carbocycles. The topological polar surface area (TPSA) is 54.6 Å². The minimum Gasteiger partial charge on any atom is -0.454 e. The number of nitrogens with one attached hydrogen (secondary N) is 1. The first-order chi connectivity index (χ1) is 12.8. The smallest absolute Gasteiger partial charge is 0.231 e. The van der Waals surface area contributed by atoms with E-state index in [0.717, 1.165) is 47.5 Å². The van der Waals surface area contributed by atoms with Crippen molar-refractivity contribution >= 4 is 16.8 Å². The number of carbonyl (C=O) groups excluding carboxylic acids is 1. The van der Waals surface area contributed by atoms with Gasteiger partial charge in [-0.1, -0.05) is 24.3 Å². The first-order valence-corrected chi connectivity index (χ1v) is 9.00. The van der Waals surface area contributed by atoms with Gasteiger partial charge in [-0.05, 0) is 35.7 Å². The van der Waals surface area contributed by atoms with Gasteiger partial charge in [-0.2, -0.15) is 0 Å². The van der Waals surface area contributed by atoms with Crippen LogP contribution in [-0.4, -0.2) is 35.7 Å². The molecule has 1 N–H and O–H groups in total. The highest BCUT2D eigenvalue weighted by atomic mass is 16.7. The monoisotopic (exact) mass is 348 g/mol. The summed E-state index contributed by atoms with van der Waals surface area (Å²) < 4.78 is 10.9. The molecule has 0 spiro atoms. The molecule has 2 aliphatic heterocycles. The summed E-state index contributed by atoms with van der Waals surface area (Å²) >= 11 is 0. The number of carbonyl (C=O) groups is 1. The molecule has 5 nitrogen and oxygen atoms in total. The molecule has 1 aromatic heterocycles. The molecule has 132 valence electrons. The van der Waals surface area contributed by atoms with Crippen LogP contribution in [0, 0.1) is 0 Å². The molecule has 0 radical (unpaired) electrons. The minimum absolute atomic E-state index is 0.193. The van der Waals surface area contributed by atoms with Gasteiger partial charge in [0.1, 0.15) is 0 Å². The van der Waals surface area contributed by atoms with E-state index in [1.54, 1.807) is 0 Å². The Balaban J connectivity index is 1.29. The minimum atomic E-state index is 0.193. The normalized spacial score (nSPS) is 18.6. The molecule has 5 rings (SSSR count). The van der Waals surface area contributed by atoms with Crippen LogP contribution in [-0.2, 0) is 11.2 Å². The number of amides is 1. The molecule has 1 fully saturated rings. The average molecular weight is 348 g/mol. The van der Waals surface area contributed by atoms with Gasteiger partial charge in [-0.3, -0.25) is 4.79 Å². The van der Waals surface area contributed by atoms with Crippen LogP contribution in [0.5, 0.6) is 11.5 Å². The van der Waals surface area contributed by atoms with E-state index in [4.69, 9.17) is 9.47 Å². The van der Waals surface area contributed by atoms with E-state index in [-0.39, 0.29) is 5.91 Å². The van der Waals surface area contributed by atoms with Gasteiger partial charge in [0.25, 0.3) is 0 Å². The van der Waals surface area contributed by atoms with Crippen LogP contribution in [0.4, 0.5) is 0 Å². The van der Waals surface area contributed by atoms with Gasteiger partial charge in [0.15, 0.2) is 11.5 Å². The molecule has 0 bridgehead atoms. The van der Waals surface area contributed by atoms with Gasteiger partial charge in [-0.25, -0.2) is 0 Å². The zero-order valence-corrected chi connectivity index (χ0v) is 14.4. The van der Waals surface area contributed by atoms with Crippen molar-refractivity contribution in [1.29, 1.82) is 0 Å². The first kappa shape index (κ1) is 15.3. The summed E-state index contributed by atoms with van der Waals surface area (Å²) in [6.45, 7) is 1.86. The second kappa shape index (κ2) is 6.09. The molecule has 1 saturated heterocycles. The third-order valence-electron chi connectivity index (χ3n) is 5.43. The molecular weight excluding hydrogens is 328 g/mol. The Hall–Kier alpha value is -2.95. The number of para-hydroxylation sites is 1. The van der Waals surface area contributed by atoms with Crippen molar-refractivity contribution in [2.24, 2.45) is 0 Å². The van der Waals surface area contributed by atoms with Crippen molar-refractivity contribution in [2.75, 3.05) is 19.9 Å². The van der Waals surface area contributed by atoms with E-state index < -0.39 is 0 Å². The standard InChI is InChI=1S/C21H20N2O3/c24-21(10-16-11-22-18-4-2-1-3-17(16)18)23-8-7-15(12-23)14-5-6-19-20(9-14)26-13-25-19/h1-6,9,11,15,22H,7-8,10,12-13H2. The lowest BCUT2D eigenvalue weighted by atomic mass is 9.98. The number of ether oxygens (including phenoxy) is 2. The Labute approximate surface area is 151 Å². The lowest BCUT2D eigenvalue weighted by Gasteiger charge is -2.17. The summed E-state index contributed by atoms with van der Waals surface area (Å²) in [5.41, 5.74) is 3.36. The van der Waals surface area contributed by atoms with Crippen molar-refractivity contribution in [3.05, 3.63) is 59.8 Å². The van der Waals surface area contributed by atoms with E-state index >= 15 is 0 Å². The lowest BCUT2D eigenvalue weighted by molar-refractivity contribution is -0.129. The van der Waals surface area contributed by atoms with E-state index in [0.29, 0.717) is 19.1 Å². The molecule has 2 aliphatic rings. The predicted molar refractivity (Wildman–Crippen MR) is 98.5 cm³/mol. The quantitative estimate of drug-likeness (QED) is 0.789. The van der Waals surface area contributed by atoms with Crippen molar-refractivity contribution in [2.45, 2.75) is 18.8 Å². The summed E-state index contributed by atoms with van der Waals surface area (Å²) in [6, 6.07) is 14.2. The molecule has 3 aromatic rings. The second-order valence-corrected chi connectivity index (χ2v) is 6.97. The fraction of sp³-hybridized carbons (Fsp3) is 0.286. The van der Waals surface area contributed by atoms with Crippen LogP contribution in [0.3, 0.4) is 0 Å². The highest BCUT2D eigenvalue weighted by molar-refractivity contribution is 5.89. The maximum Gasteiger partial charge on any atom is 0.231 e. The molecule has 26 heavy (non-hydrogen) atoms. The number of fused-ring (bicyclic) bond motifs is 2. The first-order valence-electron chi connectivity index (χ1n) is 9.00. The van der Waals surface area contributed by atoms with Gasteiger partial charge in [-0.15, -0.1) is 0 Å². The highest BCUT2D eigenvalue weighted by Crippen LogP contribution is 2.37. The van der Waals surface area contributed by atoms with E-state index in [9.17, 15) is 4.79 Å². The second-order valence-electron chi connectivity index (χ2n) is 6.97. The Morgan fingerprint density at radius 1 is 1.15 bits per heavy atom. The number of aromatic amines is 1. The molecular formula is C21H20N2O3. The number of likely N-dealkylation sites (tertiary alicyclic amines) is 1. The maximum absolute atomic E-state index is 12.8. The molecule has 1 atom stereocenters. The number of hydrogen-bond acceptors (Lipinski definition) is 3. The SMILES string of the molecule is O=C(Cc1c[nH]c2ccccc12)N1CCC(c2ccc3c(c2)OCO3)C1. The summed E-state index contributed by atoms with van der Waals surface area (Å²) in [5.74, 6) is 2.17. The number of nitrogens with zero attached hydrogens (tertiary/aromatic N) is 1. The zero-order chi connectivity index (χ0) is 17.5. The maximum atomic E-state index is 12.8. The Morgan fingerprint density at radius 2 is 2.04 bits per heavy atom. The molecule has 5 heteroatoms. The zero-order valence-electron chi connectivity index (χ0n) is 14.4. The van der Waals surface area contributed by atoms with Gasteiger partial charge in [0, 0.05) is 36.1 Å². The van der Waals surface area contributed by atoms with Crippen LogP contribution in [0.15, 0.2) is 48.7 Å². The number of aromatic nitrogens is 1. The molecule has 0 aliphatic carbocycles. The van der Waals surface area contributed by atoms with Crippen LogP contribution in [0.1, 0.15) is 23.5 Å². The molecule has 1 unspecified atom stereocenters. The fourth-order valence-electron chi connectivity index (χ4n) is 3.98. The Bertz CT molecular complexity index is 978. The van der Waals surface area contributed by atoms with Crippen molar-refractivity contribution in [3.8, 4) is 11.5 Å². The summed E-state index contributed by atoms with van der Waals surface area (Å²) in [5, 5.41) is 1.13. The number of rotatable bonds is 3. The van der Waals surface area contributed by atoms with Gasteiger partial charge >= 0.3 is 0 Å². The number of hydrogen-bond donors (Lipinski definition) is 1. The van der Waals surface area contributed by atoms with Crippen LogP contribution in [0.2, 0.25) is 0 Å². The van der Waals surface area contributed by atoms with Gasteiger partial charge in [0.2, 0.25) is 12.7 Å². The van der Waals surface area contributed by atoms with Crippen LogP contribution in [0.25, 0.3) is 10.9 Å². The van der Waals surface area contributed by atoms with E-state index in [1.807, 2.05) is 35.4 Å². The average Bonchev–Trinajstić information content (AvgIpc) is 3.40. The summed E-state index contributed by atoms with van der Waals surface area (Å²) in [7, 11) is 0. The van der Waals surface area contributed by atoms with E-state index in [1.165, 1.54) is 5.56 Å². The molecule has 0 saturated carbocycles. The van der Waals surface area contributed by atoms with Crippen molar-refractivity contribution in [3.63, 3.8) is 0 Å². The highest BCUT2D eigenvalue weighted by Gasteiger charge is 2.28. The van der Waals surface area contributed by atoms with E-state index in [2.05, 4.69) is 23.2 Å². The Kier molecular flexibility index (Phi) is 3.59. The number of benzene rings is 2. The summed E-state index contributed by atoms with van der Waals surface area (Å²) in [6.07, 6.45) is 3.38. The largest absolute Gasteiger partial charge is 0.454 e. The third-order valence-corrected chi connectivity index (χ3v) is 5.43. The third kappa shape index (κ3) is 2.60. The Morgan fingerprint density at radius 3 is 3.00 bits per heavy atom. The molecule has 3 heterocycles. The van der Waals surface area contributed by atoms with Gasteiger partial charge < -0.3 is 19.4 Å². The van der Waals surface area contributed by atoms with Crippen LogP contribution < -0.4 is 9.47 Å². The predicted octanol–water partition coefficient (Wildman–Crippen LogP) is 3.46. The molecule has 1 amide bonds. The summed E-state index contributed by atoms with van der Waals surface area (Å²) in [4.78, 5) is 18.0. The van der Waals surface area contributed by atoms with Crippen LogP contribution >= 0.6 is 0 Å². The fourth-order valence-corrected chi connectivity index (χ4v) is 3.98. The van der Waals surface area contributed by atoms with Gasteiger partial charge in [0.05, 0.1) is 6.42 Å².